The average Bonchev–Trinajstić information content (AvgIpc) is 2.78. The highest BCUT2D eigenvalue weighted by Gasteiger charge is 2.24. The number of esters is 1. The first-order valence-corrected chi connectivity index (χ1v) is 6.50. The number of hydrogen-bond donors (Lipinski definition) is 0. The maximum absolute atomic E-state index is 11.9. The van der Waals surface area contributed by atoms with Crippen LogP contribution in [0.1, 0.15) is 37.0 Å². The molecule has 0 saturated heterocycles. The van der Waals surface area contributed by atoms with Gasteiger partial charge >= 0.3 is 5.97 Å². The van der Waals surface area contributed by atoms with Crippen molar-refractivity contribution in [3.8, 4) is 0 Å². The number of pyridine rings is 1. The van der Waals surface area contributed by atoms with Crippen molar-refractivity contribution >= 4 is 5.97 Å². The van der Waals surface area contributed by atoms with Gasteiger partial charge in [0.05, 0.1) is 5.56 Å². The maximum atomic E-state index is 11.9. The summed E-state index contributed by atoms with van der Waals surface area (Å²) in [6.45, 7) is 8.54. The number of hydrogen-bond acceptors (Lipinski definition) is 3. The molecule has 100 valence electrons. The van der Waals surface area contributed by atoms with Crippen LogP contribution in [-0.4, -0.2) is 17.6 Å². The van der Waals surface area contributed by atoms with Crippen LogP contribution in [0.2, 0.25) is 0 Å². The summed E-state index contributed by atoms with van der Waals surface area (Å²) in [6.07, 6.45) is 5.34. The van der Waals surface area contributed by atoms with Crippen LogP contribution in [0.25, 0.3) is 0 Å². The van der Waals surface area contributed by atoms with Gasteiger partial charge in [-0.3, -0.25) is 4.98 Å². The zero-order chi connectivity index (χ0) is 13.8. The van der Waals surface area contributed by atoms with E-state index < -0.39 is 0 Å². The molecule has 1 aliphatic rings. The van der Waals surface area contributed by atoms with Gasteiger partial charge in [0.25, 0.3) is 0 Å². The molecule has 1 aliphatic carbocycles. The van der Waals surface area contributed by atoms with E-state index in [1.807, 2.05) is 6.92 Å². The molecule has 0 aromatic carbocycles. The van der Waals surface area contributed by atoms with E-state index in [4.69, 9.17) is 4.74 Å². The smallest absolute Gasteiger partial charge is 0.338 e. The molecule has 1 heterocycles. The minimum Gasteiger partial charge on any atom is -0.458 e. The zero-order valence-electron chi connectivity index (χ0n) is 11.5. The second-order valence-corrected chi connectivity index (χ2v) is 5.06. The van der Waals surface area contributed by atoms with E-state index in [-0.39, 0.29) is 5.97 Å². The lowest BCUT2D eigenvalue weighted by molar-refractivity contribution is 0.0534. The first-order valence-electron chi connectivity index (χ1n) is 6.50. The molecule has 0 unspecified atom stereocenters. The molecule has 1 atom stereocenters. The second kappa shape index (κ2) is 5.83. The molecule has 0 amide bonds. The van der Waals surface area contributed by atoms with E-state index in [2.05, 4.69) is 18.5 Å². The Labute approximate surface area is 114 Å². The fourth-order valence-electron chi connectivity index (χ4n) is 2.48. The van der Waals surface area contributed by atoms with Crippen molar-refractivity contribution in [2.45, 2.75) is 26.7 Å². The van der Waals surface area contributed by atoms with Crippen LogP contribution >= 0.6 is 0 Å². The number of carbonyl (C=O) groups excluding carboxylic acids is 1. The summed E-state index contributed by atoms with van der Waals surface area (Å²) in [5, 5.41) is 0. The Morgan fingerprint density at radius 2 is 2.16 bits per heavy atom. The third-order valence-corrected chi connectivity index (χ3v) is 3.65. The molecule has 0 radical (unpaired) electrons. The largest absolute Gasteiger partial charge is 0.458 e. The predicted octanol–water partition coefficient (Wildman–Crippen LogP) is 3.54. The van der Waals surface area contributed by atoms with Crippen LogP contribution in [0.5, 0.6) is 0 Å². The number of nitrogens with zero attached hydrogens (tertiary/aromatic N) is 1. The molecule has 19 heavy (non-hydrogen) atoms. The van der Waals surface area contributed by atoms with Gasteiger partial charge in [-0.15, -0.1) is 0 Å². The molecular weight excluding hydrogens is 238 g/mol. The minimum atomic E-state index is -0.296. The average molecular weight is 257 g/mol. The summed E-state index contributed by atoms with van der Waals surface area (Å²) in [7, 11) is 0. The highest BCUT2D eigenvalue weighted by atomic mass is 16.5. The van der Waals surface area contributed by atoms with Gasteiger partial charge in [-0.25, -0.2) is 4.79 Å². The lowest BCUT2D eigenvalue weighted by Crippen LogP contribution is -2.12. The normalized spacial score (nSPS) is 18.5. The van der Waals surface area contributed by atoms with Gasteiger partial charge in [0.15, 0.2) is 0 Å². The molecule has 2 rings (SSSR count). The van der Waals surface area contributed by atoms with Crippen molar-refractivity contribution in [1.82, 2.24) is 4.98 Å². The molecule has 0 saturated carbocycles. The summed E-state index contributed by atoms with van der Waals surface area (Å²) in [6, 6.07) is 3.32. The Bertz CT molecular complexity index is 517. The van der Waals surface area contributed by atoms with Crippen molar-refractivity contribution in [3.05, 3.63) is 53.4 Å². The number of carbonyl (C=O) groups is 1. The number of rotatable bonds is 4. The summed E-state index contributed by atoms with van der Waals surface area (Å²) in [4.78, 5) is 15.8. The van der Waals surface area contributed by atoms with Gasteiger partial charge in [-0.2, -0.15) is 0 Å². The molecular formula is C16H19NO2. The quantitative estimate of drug-likeness (QED) is 0.611. The highest BCUT2D eigenvalue weighted by molar-refractivity contribution is 5.89. The molecule has 1 aromatic rings. The first kappa shape index (κ1) is 13.5. The van der Waals surface area contributed by atoms with Gasteiger partial charge in [0.2, 0.25) is 0 Å². The fourth-order valence-corrected chi connectivity index (χ4v) is 2.48. The van der Waals surface area contributed by atoms with Crippen molar-refractivity contribution in [2.24, 2.45) is 5.92 Å². The van der Waals surface area contributed by atoms with Crippen LogP contribution in [0, 0.1) is 5.92 Å². The Morgan fingerprint density at radius 3 is 2.79 bits per heavy atom. The van der Waals surface area contributed by atoms with Gasteiger partial charge in [0.1, 0.15) is 6.61 Å². The maximum Gasteiger partial charge on any atom is 0.338 e. The summed E-state index contributed by atoms with van der Waals surface area (Å²) in [5.41, 5.74) is 4.23. The van der Waals surface area contributed by atoms with Crippen molar-refractivity contribution < 1.29 is 9.53 Å². The standard InChI is InChI=1S/C16H19NO2/c1-11(2)14-5-4-12(3)15(14)10-19-16(18)13-6-8-17-9-7-13/h6-9,14H,1,4-5,10H2,2-3H3/t14-/m0/s1. The van der Waals surface area contributed by atoms with Gasteiger partial charge in [-0.1, -0.05) is 17.7 Å². The van der Waals surface area contributed by atoms with E-state index in [9.17, 15) is 4.79 Å². The van der Waals surface area contributed by atoms with E-state index in [1.54, 1.807) is 24.5 Å². The summed E-state index contributed by atoms with van der Waals surface area (Å²) in [5.74, 6) is 0.0697. The Balaban J connectivity index is 2.01. The zero-order valence-corrected chi connectivity index (χ0v) is 11.5. The Kier molecular flexibility index (Phi) is 4.15. The molecule has 0 N–H and O–H groups in total. The number of ether oxygens (including phenoxy) is 1. The molecule has 0 aliphatic heterocycles. The van der Waals surface area contributed by atoms with Gasteiger partial charge < -0.3 is 4.74 Å². The van der Waals surface area contributed by atoms with Crippen molar-refractivity contribution in [3.63, 3.8) is 0 Å². The highest BCUT2D eigenvalue weighted by Crippen LogP contribution is 2.36. The van der Waals surface area contributed by atoms with E-state index in [1.165, 1.54) is 11.1 Å². The number of aromatic nitrogens is 1. The van der Waals surface area contributed by atoms with Crippen LogP contribution in [-0.2, 0) is 4.74 Å². The summed E-state index contributed by atoms with van der Waals surface area (Å²) < 4.78 is 5.40. The third-order valence-electron chi connectivity index (χ3n) is 3.65. The lowest BCUT2D eigenvalue weighted by Gasteiger charge is -2.15. The molecule has 0 spiro atoms. The molecule has 0 fully saturated rings. The summed E-state index contributed by atoms with van der Waals surface area (Å²) >= 11 is 0. The Hall–Kier alpha value is -1.90. The van der Waals surface area contributed by atoms with Crippen molar-refractivity contribution in [1.29, 1.82) is 0 Å². The third kappa shape index (κ3) is 3.11. The van der Waals surface area contributed by atoms with E-state index in [0.717, 1.165) is 18.4 Å². The SMILES string of the molecule is C=C(C)[C@@H]1CCC(C)=C1COC(=O)c1ccncc1. The van der Waals surface area contributed by atoms with Crippen LogP contribution in [0.3, 0.4) is 0 Å². The monoisotopic (exact) mass is 257 g/mol. The molecule has 0 bridgehead atoms. The van der Waals surface area contributed by atoms with E-state index >= 15 is 0 Å². The first-order chi connectivity index (χ1) is 9.09. The molecule has 1 aromatic heterocycles. The second-order valence-electron chi connectivity index (χ2n) is 5.06. The van der Waals surface area contributed by atoms with Crippen molar-refractivity contribution in [2.75, 3.05) is 6.61 Å². The van der Waals surface area contributed by atoms with E-state index in [0.29, 0.717) is 18.1 Å². The van der Waals surface area contributed by atoms with Crippen LogP contribution in [0.4, 0.5) is 0 Å². The minimum absolute atomic E-state index is 0.296. The fraction of sp³-hybridized carbons (Fsp3) is 0.375. The van der Waals surface area contributed by atoms with Gasteiger partial charge in [0, 0.05) is 18.3 Å². The predicted molar refractivity (Wildman–Crippen MR) is 74.8 cm³/mol. The molecule has 3 nitrogen and oxygen atoms in total. The molecule has 3 heteroatoms. The van der Waals surface area contributed by atoms with Crippen LogP contribution < -0.4 is 0 Å². The topological polar surface area (TPSA) is 39.2 Å². The van der Waals surface area contributed by atoms with Crippen LogP contribution in [0.15, 0.2) is 47.8 Å². The number of allylic oxidation sites excluding steroid dienone is 2. The van der Waals surface area contributed by atoms with Gasteiger partial charge in [-0.05, 0) is 44.4 Å². The lowest BCUT2D eigenvalue weighted by atomic mass is 9.94. The Morgan fingerprint density at radius 1 is 1.47 bits per heavy atom.